The summed E-state index contributed by atoms with van der Waals surface area (Å²) in [7, 11) is 0. The molecule has 14 heavy (non-hydrogen) atoms. The Kier molecular flexibility index (Phi) is 5.72. The first-order valence-corrected chi connectivity index (χ1v) is 5.01. The van der Waals surface area contributed by atoms with Crippen molar-refractivity contribution < 1.29 is 15.0 Å². The van der Waals surface area contributed by atoms with Gasteiger partial charge in [0.15, 0.2) is 0 Å². The Morgan fingerprint density at radius 2 is 2.07 bits per heavy atom. The third kappa shape index (κ3) is 4.58. The van der Waals surface area contributed by atoms with Crippen molar-refractivity contribution in [3.05, 3.63) is 0 Å². The number of nitrogens with one attached hydrogen (secondary N) is 1. The fraction of sp³-hybridized carbons (Fsp3) is 0.900. The van der Waals surface area contributed by atoms with Gasteiger partial charge in [-0.1, -0.05) is 6.92 Å². The van der Waals surface area contributed by atoms with E-state index in [0.717, 1.165) is 6.42 Å². The van der Waals surface area contributed by atoms with E-state index >= 15 is 0 Å². The van der Waals surface area contributed by atoms with Crippen LogP contribution >= 0.6 is 0 Å². The number of carboxylic acid groups (broad SMARTS) is 1. The third-order valence-electron chi connectivity index (χ3n) is 2.38. The Morgan fingerprint density at radius 1 is 1.50 bits per heavy atom. The molecule has 0 fully saturated rings. The van der Waals surface area contributed by atoms with Crippen molar-refractivity contribution in [1.82, 2.24) is 5.32 Å². The van der Waals surface area contributed by atoms with Gasteiger partial charge in [-0.15, -0.1) is 0 Å². The Bertz CT molecular complexity index is 180. The molecule has 1 atom stereocenters. The van der Waals surface area contributed by atoms with E-state index < -0.39 is 11.4 Å². The average Bonchev–Trinajstić information content (AvgIpc) is 2.12. The highest BCUT2D eigenvalue weighted by atomic mass is 16.4. The number of rotatable bonds is 7. The zero-order valence-electron chi connectivity index (χ0n) is 9.21. The minimum absolute atomic E-state index is 0.138. The van der Waals surface area contributed by atoms with Crippen molar-refractivity contribution in [2.24, 2.45) is 5.41 Å². The van der Waals surface area contributed by atoms with E-state index in [9.17, 15) is 4.79 Å². The first-order chi connectivity index (χ1) is 6.44. The molecule has 4 nitrogen and oxygen atoms in total. The third-order valence-corrected chi connectivity index (χ3v) is 2.38. The average molecular weight is 203 g/mol. The second-order valence-electron chi connectivity index (χ2n) is 4.19. The van der Waals surface area contributed by atoms with Crippen LogP contribution in [0.1, 0.15) is 33.6 Å². The minimum Gasteiger partial charge on any atom is -0.481 e. The monoisotopic (exact) mass is 203 g/mol. The normalized spacial score (nSPS) is 14.0. The molecule has 0 heterocycles. The number of carbonyl (C=O) groups is 1. The maximum atomic E-state index is 10.8. The predicted octanol–water partition coefficient (Wildman–Crippen LogP) is 0.848. The van der Waals surface area contributed by atoms with E-state index in [0.29, 0.717) is 13.0 Å². The highest BCUT2D eigenvalue weighted by molar-refractivity contribution is 5.73. The van der Waals surface area contributed by atoms with Crippen molar-refractivity contribution in [2.75, 3.05) is 13.2 Å². The van der Waals surface area contributed by atoms with Gasteiger partial charge in [-0.2, -0.15) is 0 Å². The molecule has 4 heteroatoms. The summed E-state index contributed by atoms with van der Waals surface area (Å²) < 4.78 is 0. The van der Waals surface area contributed by atoms with Crippen LogP contribution in [0, 0.1) is 5.41 Å². The van der Waals surface area contributed by atoms with Crippen molar-refractivity contribution in [1.29, 1.82) is 0 Å². The molecule has 3 N–H and O–H groups in total. The SMILES string of the molecule is CCC(CCO)NCC(C)(C)C(=O)O. The van der Waals surface area contributed by atoms with Gasteiger partial charge in [0.1, 0.15) is 0 Å². The molecular weight excluding hydrogens is 182 g/mol. The predicted molar refractivity (Wildman–Crippen MR) is 55.2 cm³/mol. The van der Waals surface area contributed by atoms with Gasteiger partial charge in [-0.05, 0) is 26.7 Å². The first-order valence-electron chi connectivity index (χ1n) is 5.01. The number of aliphatic carboxylic acids is 1. The summed E-state index contributed by atoms with van der Waals surface area (Å²) in [6.07, 6.45) is 1.57. The molecule has 1 unspecified atom stereocenters. The molecule has 0 saturated carbocycles. The van der Waals surface area contributed by atoms with Crippen LogP contribution in [-0.4, -0.2) is 35.4 Å². The molecular formula is C10H21NO3. The number of hydrogen-bond acceptors (Lipinski definition) is 3. The van der Waals surface area contributed by atoms with Crippen LogP contribution in [-0.2, 0) is 4.79 Å². The van der Waals surface area contributed by atoms with E-state index in [1.807, 2.05) is 6.92 Å². The molecule has 0 rings (SSSR count). The van der Waals surface area contributed by atoms with Gasteiger partial charge in [-0.3, -0.25) is 4.79 Å². The van der Waals surface area contributed by atoms with Crippen molar-refractivity contribution in [3.8, 4) is 0 Å². The summed E-state index contributed by atoms with van der Waals surface area (Å²) in [4.78, 5) is 10.8. The summed E-state index contributed by atoms with van der Waals surface area (Å²) in [6.45, 7) is 5.96. The van der Waals surface area contributed by atoms with Crippen LogP contribution in [0.15, 0.2) is 0 Å². The Labute approximate surface area is 85.3 Å². The van der Waals surface area contributed by atoms with Gasteiger partial charge in [-0.25, -0.2) is 0 Å². The van der Waals surface area contributed by atoms with Crippen molar-refractivity contribution in [2.45, 2.75) is 39.7 Å². The summed E-state index contributed by atoms with van der Waals surface area (Å²) in [6, 6.07) is 0.207. The second kappa shape index (κ2) is 5.98. The van der Waals surface area contributed by atoms with E-state index in [2.05, 4.69) is 5.32 Å². The molecule has 0 aromatic heterocycles. The highest BCUT2D eigenvalue weighted by Crippen LogP contribution is 2.14. The molecule has 0 aliphatic rings. The Morgan fingerprint density at radius 3 is 2.43 bits per heavy atom. The van der Waals surface area contributed by atoms with Crippen molar-refractivity contribution in [3.63, 3.8) is 0 Å². The van der Waals surface area contributed by atoms with E-state index in [-0.39, 0.29) is 12.6 Å². The lowest BCUT2D eigenvalue weighted by Crippen LogP contribution is -2.41. The van der Waals surface area contributed by atoms with Gasteiger partial charge >= 0.3 is 5.97 Å². The number of aliphatic hydroxyl groups is 1. The van der Waals surface area contributed by atoms with Gasteiger partial charge in [0.05, 0.1) is 5.41 Å². The fourth-order valence-electron chi connectivity index (χ4n) is 1.08. The minimum atomic E-state index is -0.802. The lowest BCUT2D eigenvalue weighted by Gasteiger charge is -2.23. The molecule has 0 aliphatic heterocycles. The second-order valence-corrected chi connectivity index (χ2v) is 4.19. The molecule has 0 bridgehead atoms. The van der Waals surface area contributed by atoms with Crippen LogP contribution in [0.3, 0.4) is 0 Å². The number of hydrogen-bond donors (Lipinski definition) is 3. The molecule has 0 radical (unpaired) electrons. The molecule has 0 aromatic rings. The van der Waals surface area contributed by atoms with Gasteiger partial charge in [0, 0.05) is 19.2 Å². The topological polar surface area (TPSA) is 69.6 Å². The summed E-state index contributed by atoms with van der Waals surface area (Å²) in [5, 5.41) is 20.8. The Hall–Kier alpha value is -0.610. The van der Waals surface area contributed by atoms with Crippen LogP contribution in [0.2, 0.25) is 0 Å². The smallest absolute Gasteiger partial charge is 0.310 e. The summed E-state index contributed by atoms with van der Waals surface area (Å²) in [5.41, 5.74) is -0.747. The summed E-state index contributed by atoms with van der Waals surface area (Å²) >= 11 is 0. The van der Waals surface area contributed by atoms with Crippen LogP contribution < -0.4 is 5.32 Å². The molecule has 84 valence electrons. The van der Waals surface area contributed by atoms with Crippen LogP contribution in [0.25, 0.3) is 0 Å². The van der Waals surface area contributed by atoms with E-state index in [1.165, 1.54) is 0 Å². The van der Waals surface area contributed by atoms with Crippen molar-refractivity contribution >= 4 is 5.97 Å². The molecule has 0 aliphatic carbocycles. The molecule has 0 spiro atoms. The maximum absolute atomic E-state index is 10.8. The van der Waals surface area contributed by atoms with E-state index in [1.54, 1.807) is 13.8 Å². The summed E-state index contributed by atoms with van der Waals surface area (Å²) in [5.74, 6) is -0.802. The standard InChI is InChI=1S/C10H21NO3/c1-4-8(5-6-12)11-7-10(2,3)9(13)14/h8,11-12H,4-7H2,1-3H3,(H,13,14). The lowest BCUT2D eigenvalue weighted by atomic mass is 9.93. The van der Waals surface area contributed by atoms with Crippen LogP contribution in [0.5, 0.6) is 0 Å². The zero-order valence-corrected chi connectivity index (χ0v) is 9.21. The number of carboxylic acids is 1. The fourth-order valence-corrected chi connectivity index (χ4v) is 1.08. The molecule has 0 saturated heterocycles. The van der Waals surface area contributed by atoms with Gasteiger partial charge in [0.25, 0.3) is 0 Å². The Balaban J connectivity index is 3.95. The highest BCUT2D eigenvalue weighted by Gasteiger charge is 2.27. The van der Waals surface area contributed by atoms with E-state index in [4.69, 9.17) is 10.2 Å². The lowest BCUT2D eigenvalue weighted by molar-refractivity contribution is -0.146. The number of aliphatic hydroxyl groups excluding tert-OH is 1. The molecule has 0 aromatic carbocycles. The first kappa shape index (κ1) is 13.4. The quantitative estimate of drug-likeness (QED) is 0.573. The zero-order chi connectivity index (χ0) is 11.2. The van der Waals surface area contributed by atoms with Crippen LogP contribution in [0.4, 0.5) is 0 Å². The largest absolute Gasteiger partial charge is 0.481 e. The molecule has 0 amide bonds. The van der Waals surface area contributed by atoms with Gasteiger partial charge in [0.2, 0.25) is 0 Å². The van der Waals surface area contributed by atoms with Gasteiger partial charge < -0.3 is 15.5 Å². The maximum Gasteiger partial charge on any atom is 0.310 e.